The molecule has 21 heavy (non-hydrogen) atoms. The van der Waals surface area contributed by atoms with Crippen LogP contribution in [0.4, 0.5) is 0 Å². The zero-order valence-electron chi connectivity index (χ0n) is 12.6. The number of aromatic nitrogens is 1. The summed E-state index contributed by atoms with van der Waals surface area (Å²) >= 11 is 3.44. The van der Waals surface area contributed by atoms with Crippen LogP contribution >= 0.6 is 22.7 Å². The molecule has 0 aliphatic rings. The van der Waals surface area contributed by atoms with Crippen LogP contribution < -0.4 is 0 Å². The number of aromatic amines is 1. The van der Waals surface area contributed by atoms with Crippen molar-refractivity contribution in [3.05, 3.63) is 21.9 Å². The molecule has 3 aromatic heterocycles. The van der Waals surface area contributed by atoms with Crippen molar-refractivity contribution in [3.63, 3.8) is 0 Å². The van der Waals surface area contributed by atoms with Crippen LogP contribution in [0, 0.1) is 5.92 Å². The van der Waals surface area contributed by atoms with E-state index in [0.29, 0.717) is 0 Å². The first kappa shape index (κ1) is 14.8. The van der Waals surface area contributed by atoms with Crippen molar-refractivity contribution in [2.24, 2.45) is 5.92 Å². The molecule has 0 spiro atoms. The Kier molecular flexibility index (Phi) is 4.45. The van der Waals surface area contributed by atoms with E-state index in [1.165, 1.54) is 52.6 Å². The molecule has 1 atom stereocenters. The molecule has 0 bridgehead atoms. The number of aldehydes is 1. The van der Waals surface area contributed by atoms with Crippen LogP contribution in [-0.4, -0.2) is 11.3 Å². The monoisotopic (exact) mass is 319 g/mol. The largest absolute Gasteiger partial charge is 0.345 e. The second-order valence-corrected chi connectivity index (χ2v) is 7.93. The SMILES string of the molecule is CCCCC(CC)Cc1cc2[nH]c3sc(C=O)cc3c2s1. The second kappa shape index (κ2) is 6.32. The summed E-state index contributed by atoms with van der Waals surface area (Å²) in [6.07, 6.45) is 7.34. The van der Waals surface area contributed by atoms with E-state index in [2.05, 4.69) is 24.9 Å². The van der Waals surface area contributed by atoms with Gasteiger partial charge in [0.25, 0.3) is 0 Å². The molecule has 3 heterocycles. The quantitative estimate of drug-likeness (QED) is 0.531. The Labute approximate surface area is 133 Å². The molecular weight excluding hydrogens is 298 g/mol. The first-order valence-corrected chi connectivity index (χ1v) is 9.37. The van der Waals surface area contributed by atoms with Gasteiger partial charge in [0.1, 0.15) is 4.83 Å². The van der Waals surface area contributed by atoms with Gasteiger partial charge in [0.15, 0.2) is 6.29 Å². The summed E-state index contributed by atoms with van der Waals surface area (Å²) < 4.78 is 1.31. The molecule has 3 rings (SSSR count). The van der Waals surface area contributed by atoms with E-state index in [4.69, 9.17) is 0 Å². The Hall–Kier alpha value is -1.13. The first-order chi connectivity index (χ1) is 10.2. The highest BCUT2D eigenvalue weighted by atomic mass is 32.1. The van der Waals surface area contributed by atoms with Gasteiger partial charge in [-0.3, -0.25) is 4.79 Å². The molecule has 2 nitrogen and oxygen atoms in total. The number of carbonyl (C=O) groups is 1. The summed E-state index contributed by atoms with van der Waals surface area (Å²) in [5.41, 5.74) is 1.24. The fraction of sp³-hybridized carbons (Fsp3) is 0.471. The predicted molar refractivity (Wildman–Crippen MR) is 94.0 cm³/mol. The average Bonchev–Trinajstić information content (AvgIpc) is 3.13. The van der Waals surface area contributed by atoms with E-state index < -0.39 is 0 Å². The van der Waals surface area contributed by atoms with Crippen LogP contribution in [0.3, 0.4) is 0 Å². The number of hydrogen-bond acceptors (Lipinski definition) is 3. The summed E-state index contributed by atoms with van der Waals surface area (Å²) in [5.74, 6) is 0.802. The van der Waals surface area contributed by atoms with Crippen molar-refractivity contribution in [2.45, 2.75) is 46.0 Å². The molecule has 0 radical (unpaired) electrons. The van der Waals surface area contributed by atoms with E-state index in [-0.39, 0.29) is 0 Å². The lowest BCUT2D eigenvalue weighted by Crippen LogP contribution is -2.01. The van der Waals surface area contributed by atoms with Gasteiger partial charge in [0.2, 0.25) is 0 Å². The number of carbonyl (C=O) groups excluding carboxylic acids is 1. The number of unbranched alkanes of at least 4 members (excludes halogenated alkanes) is 1. The van der Waals surface area contributed by atoms with Gasteiger partial charge in [-0.1, -0.05) is 39.5 Å². The van der Waals surface area contributed by atoms with Crippen molar-refractivity contribution in [1.82, 2.24) is 4.98 Å². The highest BCUT2D eigenvalue weighted by Crippen LogP contribution is 2.37. The number of hydrogen-bond donors (Lipinski definition) is 1. The zero-order valence-corrected chi connectivity index (χ0v) is 14.2. The lowest BCUT2D eigenvalue weighted by atomic mass is 9.95. The van der Waals surface area contributed by atoms with Gasteiger partial charge < -0.3 is 4.98 Å². The van der Waals surface area contributed by atoms with Gasteiger partial charge in [0.05, 0.1) is 15.1 Å². The van der Waals surface area contributed by atoms with Crippen LogP contribution in [0.5, 0.6) is 0 Å². The smallest absolute Gasteiger partial charge is 0.160 e. The van der Waals surface area contributed by atoms with Crippen LogP contribution in [0.2, 0.25) is 0 Å². The molecule has 3 aromatic rings. The number of H-pyrrole nitrogens is 1. The van der Waals surface area contributed by atoms with Crippen molar-refractivity contribution < 1.29 is 4.79 Å². The molecule has 0 fully saturated rings. The van der Waals surface area contributed by atoms with Crippen molar-refractivity contribution in [3.8, 4) is 0 Å². The maximum Gasteiger partial charge on any atom is 0.160 e. The fourth-order valence-electron chi connectivity index (χ4n) is 2.92. The number of thiophene rings is 2. The van der Waals surface area contributed by atoms with Gasteiger partial charge in [0, 0.05) is 10.3 Å². The minimum atomic E-state index is 0.802. The number of fused-ring (bicyclic) bond motifs is 3. The maximum absolute atomic E-state index is 10.9. The minimum Gasteiger partial charge on any atom is -0.345 e. The standard InChI is InChI=1S/C17H21NOS2/c1-3-5-6-11(4-2)7-12-9-15-16(20-12)14-8-13(10-19)21-17(14)18-15/h8-11,18H,3-7H2,1-2H3. The molecule has 0 aromatic carbocycles. The van der Waals surface area contributed by atoms with E-state index in [1.807, 2.05) is 17.4 Å². The van der Waals surface area contributed by atoms with Crippen molar-refractivity contribution in [2.75, 3.05) is 0 Å². The molecule has 0 amide bonds. The highest BCUT2D eigenvalue weighted by molar-refractivity contribution is 7.23. The van der Waals surface area contributed by atoms with Gasteiger partial charge in [-0.15, -0.1) is 22.7 Å². The summed E-state index contributed by atoms with van der Waals surface area (Å²) in [4.78, 5) is 17.8. The van der Waals surface area contributed by atoms with E-state index in [0.717, 1.165) is 21.9 Å². The molecule has 4 heteroatoms. The highest BCUT2D eigenvalue weighted by Gasteiger charge is 2.14. The zero-order chi connectivity index (χ0) is 14.8. The molecule has 1 N–H and O–H groups in total. The lowest BCUT2D eigenvalue weighted by molar-refractivity contribution is 0.112. The fourth-order valence-corrected chi connectivity index (χ4v) is 5.12. The Morgan fingerprint density at radius 2 is 2.14 bits per heavy atom. The van der Waals surface area contributed by atoms with Crippen molar-refractivity contribution in [1.29, 1.82) is 0 Å². The minimum absolute atomic E-state index is 0.802. The van der Waals surface area contributed by atoms with Crippen LogP contribution in [0.25, 0.3) is 20.4 Å². The maximum atomic E-state index is 10.9. The average molecular weight is 319 g/mol. The first-order valence-electron chi connectivity index (χ1n) is 7.74. The molecule has 0 saturated carbocycles. The van der Waals surface area contributed by atoms with Crippen LogP contribution in [0.15, 0.2) is 12.1 Å². The third-order valence-electron chi connectivity index (χ3n) is 4.18. The van der Waals surface area contributed by atoms with Gasteiger partial charge in [-0.25, -0.2) is 0 Å². The third-order valence-corrected chi connectivity index (χ3v) is 6.34. The topological polar surface area (TPSA) is 32.9 Å². The molecule has 1 unspecified atom stereocenters. The molecule has 0 saturated heterocycles. The van der Waals surface area contributed by atoms with E-state index in [1.54, 1.807) is 11.3 Å². The Bertz CT molecular complexity index is 749. The Balaban J connectivity index is 1.86. The van der Waals surface area contributed by atoms with E-state index in [9.17, 15) is 4.79 Å². The predicted octanol–water partition coefficient (Wildman–Crippen LogP) is 6.02. The summed E-state index contributed by atoms with van der Waals surface area (Å²) in [5, 5.41) is 1.22. The second-order valence-electron chi connectivity index (χ2n) is 5.71. The van der Waals surface area contributed by atoms with Crippen LogP contribution in [-0.2, 0) is 6.42 Å². The summed E-state index contributed by atoms with van der Waals surface area (Å²) in [7, 11) is 0. The Morgan fingerprint density at radius 3 is 2.86 bits per heavy atom. The molecular formula is C17H21NOS2. The summed E-state index contributed by atoms with van der Waals surface area (Å²) in [6, 6.07) is 4.32. The van der Waals surface area contributed by atoms with Crippen molar-refractivity contribution >= 4 is 49.4 Å². The van der Waals surface area contributed by atoms with Crippen LogP contribution in [0.1, 0.15) is 54.1 Å². The van der Waals surface area contributed by atoms with Gasteiger partial charge in [-0.05, 0) is 24.5 Å². The summed E-state index contributed by atoms with van der Waals surface area (Å²) in [6.45, 7) is 4.56. The Morgan fingerprint density at radius 1 is 1.29 bits per heavy atom. The normalized spacial score (nSPS) is 13.2. The van der Waals surface area contributed by atoms with Gasteiger partial charge in [-0.2, -0.15) is 0 Å². The van der Waals surface area contributed by atoms with E-state index >= 15 is 0 Å². The number of nitrogens with one attached hydrogen (secondary N) is 1. The molecule has 0 aliphatic heterocycles. The number of rotatable bonds is 7. The lowest BCUT2D eigenvalue weighted by Gasteiger charge is -2.12. The molecule has 0 aliphatic carbocycles. The molecule has 112 valence electrons. The van der Waals surface area contributed by atoms with Gasteiger partial charge >= 0.3 is 0 Å². The third kappa shape index (κ3) is 2.92.